The van der Waals surface area contributed by atoms with Crippen molar-refractivity contribution in [1.29, 1.82) is 0 Å². The number of rotatable bonds is 6. The lowest BCUT2D eigenvalue weighted by Crippen LogP contribution is -2.09. The molecule has 1 N–H and O–H groups in total. The SMILES string of the molecule is CCc1nc(Cl)c(C)c(NCCCc2c(C)noc2C)n1. The standard InChI is InChI=1S/C15H21ClN4O/c1-5-13-18-14(16)9(2)15(19-13)17-8-6-7-12-10(3)20-21-11(12)4/h5-8H2,1-4H3,(H,17,18,19). The molecule has 0 aromatic carbocycles. The quantitative estimate of drug-likeness (QED) is 0.652. The van der Waals surface area contributed by atoms with Gasteiger partial charge in [-0.25, -0.2) is 9.97 Å². The number of aromatic nitrogens is 3. The maximum absolute atomic E-state index is 6.12. The molecule has 114 valence electrons. The number of nitrogens with one attached hydrogen (secondary N) is 1. The Morgan fingerprint density at radius 2 is 1.95 bits per heavy atom. The van der Waals surface area contributed by atoms with Crippen LogP contribution in [-0.2, 0) is 12.8 Å². The Balaban J connectivity index is 1.93. The molecule has 0 spiro atoms. The summed E-state index contributed by atoms with van der Waals surface area (Å²) < 4.78 is 5.17. The monoisotopic (exact) mass is 308 g/mol. The van der Waals surface area contributed by atoms with Crippen LogP contribution in [0.3, 0.4) is 0 Å². The number of anilines is 1. The lowest BCUT2D eigenvalue weighted by atomic mass is 10.1. The second-order valence-corrected chi connectivity index (χ2v) is 5.45. The van der Waals surface area contributed by atoms with Crippen LogP contribution in [0.1, 0.15) is 41.8 Å². The molecule has 2 rings (SSSR count). The van der Waals surface area contributed by atoms with Crippen molar-refractivity contribution in [3.8, 4) is 0 Å². The van der Waals surface area contributed by atoms with Crippen LogP contribution in [0.4, 0.5) is 5.82 Å². The third-order valence-corrected chi connectivity index (χ3v) is 3.89. The zero-order chi connectivity index (χ0) is 15.4. The molecule has 2 heterocycles. The highest BCUT2D eigenvalue weighted by Crippen LogP contribution is 2.20. The maximum Gasteiger partial charge on any atom is 0.137 e. The van der Waals surface area contributed by atoms with Crippen LogP contribution in [0.2, 0.25) is 5.15 Å². The average molecular weight is 309 g/mol. The first-order valence-electron chi connectivity index (χ1n) is 7.21. The minimum absolute atomic E-state index is 0.523. The Kier molecular flexibility index (Phi) is 5.17. The van der Waals surface area contributed by atoms with Gasteiger partial charge in [-0.05, 0) is 33.6 Å². The fourth-order valence-corrected chi connectivity index (χ4v) is 2.38. The van der Waals surface area contributed by atoms with Crippen LogP contribution in [0.25, 0.3) is 0 Å². The molecule has 0 unspecified atom stereocenters. The van der Waals surface area contributed by atoms with Crippen LogP contribution in [0, 0.1) is 20.8 Å². The predicted octanol–water partition coefficient (Wildman–Crippen LogP) is 3.65. The highest BCUT2D eigenvalue weighted by atomic mass is 35.5. The van der Waals surface area contributed by atoms with Gasteiger partial charge >= 0.3 is 0 Å². The van der Waals surface area contributed by atoms with E-state index in [0.29, 0.717) is 5.15 Å². The highest BCUT2D eigenvalue weighted by molar-refractivity contribution is 6.30. The van der Waals surface area contributed by atoms with Crippen molar-refractivity contribution in [2.24, 2.45) is 0 Å². The minimum atomic E-state index is 0.523. The fraction of sp³-hybridized carbons (Fsp3) is 0.533. The summed E-state index contributed by atoms with van der Waals surface area (Å²) in [4.78, 5) is 8.72. The van der Waals surface area contributed by atoms with Crippen molar-refractivity contribution < 1.29 is 4.52 Å². The number of aryl methyl sites for hydroxylation is 3. The van der Waals surface area contributed by atoms with Crippen molar-refractivity contribution in [3.05, 3.63) is 33.6 Å². The lowest BCUT2D eigenvalue weighted by Gasteiger charge is -2.10. The fourth-order valence-electron chi connectivity index (χ4n) is 2.19. The topological polar surface area (TPSA) is 63.8 Å². The molecule has 2 aromatic rings. The molecular formula is C15H21ClN4O. The summed E-state index contributed by atoms with van der Waals surface area (Å²) in [6, 6.07) is 0. The number of hydrogen-bond acceptors (Lipinski definition) is 5. The van der Waals surface area contributed by atoms with Gasteiger partial charge in [-0.1, -0.05) is 23.7 Å². The molecule has 0 aliphatic carbocycles. The van der Waals surface area contributed by atoms with Crippen LogP contribution in [0.15, 0.2) is 4.52 Å². The van der Waals surface area contributed by atoms with Gasteiger partial charge in [0.25, 0.3) is 0 Å². The largest absolute Gasteiger partial charge is 0.370 e. The molecule has 6 heteroatoms. The third kappa shape index (κ3) is 3.73. The third-order valence-electron chi connectivity index (χ3n) is 3.53. The molecule has 21 heavy (non-hydrogen) atoms. The summed E-state index contributed by atoms with van der Waals surface area (Å²) in [5.74, 6) is 2.49. The van der Waals surface area contributed by atoms with E-state index in [1.54, 1.807) is 0 Å². The summed E-state index contributed by atoms with van der Waals surface area (Å²) in [5.41, 5.74) is 3.07. The zero-order valence-electron chi connectivity index (χ0n) is 13.0. The normalized spacial score (nSPS) is 10.9. The molecular weight excluding hydrogens is 288 g/mol. The van der Waals surface area contributed by atoms with E-state index in [1.165, 1.54) is 5.56 Å². The van der Waals surface area contributed by atoms with Gasteiger partial charge in [0.05, 0.1) is 5.69 Å². The molecule has 0 amide bonds. The molecule has 0 aliphatic rings. The summed E-state index contributed by atoms with van der Waals surface area (Å²) in [6.07, 6.45) is 2.69. The van der Waals surface area contributed by atoms with Crippen molar-refractivity contribution >= 4 is 17.4 Å². The van der Waals surface area contributed by atoms with E-state index in [9.17, 15) is 0 Å². The molecule has 0 fully saturated rings. The highest BCUT2D eigenvalue weighted by Gasteiger charge is 2.10. The van der Waals surface area contributed by atoms with Gasteiger partial charge in [0.15, 0.2) is 0 Å². The Hall–Kier alpha value is -1.62. The van der Waals surface area contributed by atoms with Gasteiger partial charge in [0.2, 0.25) is 0 Å². The van der Waals surface area contributed by atoms with Gasteiger partial charge in [0, 0.05) is 24.1 Å². The van der Waals surface area contributed by atoms with Crippen LogP contribution < -0.4 is 5.32 Å². The molecule has 0 atom stereocenters. The predicted molar refractivity (Wildman–Crippen MR) is 83.9 cm³/mol. The van der Waals surface area contributed by atoms with Gasteiger partial charge in [-0.15, -0.1) is 0 Å². The smallest absolute Gasteiger partial charge is 0.137 e. The molecule has 0 saturated carbocycles. The second-order valence-electron chi connectivity index (χ2n) is 5.09. The molecule has 0 saturated heterocycles. The van der Waals surface area contributed by atoms with E-state index in [0.717, 1.165) is 54.5 Å². The van der Waals surface area contributed by atoms with E-state index in [4.69, 9.17) is 16.1 Å². The molecule has 5 nitrogen and oxygen atoms in total. The van der Waals surface area contributed by atoms with Gasteiger partial charge in [-0.2, -0.15) is 0 Å². The Morgan fingerprint density at radius 1 is 1.19 bits per heavy atom. The maximum atomic E-state index is 6.12. The molecule has 0 bridgehead atoms. The van der Waals surface area contributed by atoms with E-state index in [2.05, 4.69) is 20.4 Å². The Bertz CT molecular complexity index is 605. The average Bonchev–Trinajstić information content (AvgIpc) is 2.78. The lowest BCUT2D eigenvalue weighted by molar-refractivity contribution is 0.392. The van der Waals surface area contributed by atoms with E-state index >= 15 is 0 Å². The second kappa shape index (κ2) is 6.89. The van der Waals surface area contributed by atoms with Crippen molar-refractivity contribution in [2.75, 3.05) is 11.9 Å². The van der Waals surface area contributed by atoms with Crippen molar-refractivity contribution in [3.63, 3.8) is 0 Å². The molecule has 0 aliphatic heterocycles. The molecule has 0 radical (unpaired) electrons. The summed E-state index contributed by atoms with van der Waals surface area (Å²) in [6.45, 7) is 8.69. The van der Waals surface area contributed by atoms with Gasteiger partial charge in [-0.3, -0.25) is 0 Å². The summed E-state index contributed by atoms with van der Waals surface area (Å²) in [7, 11) is 0. The van der Waals surface area contributed by atoms with Gasteiger partial charge in [0.1, 0.15) is 22.6 Å². The summed E-state index contributed by atoms with van der Waals surface area (Å²) in [5, 5.41) is 7.83. The van der Waals surface area contributed by atoms with Crippen molar-refractivity contribution in [1.82, 2.24) is 15.1 Å². The van der Waals surface area contributed by atoms with Crippen molar-refractivity contribution in [2.45, 2.75) is 47.0 Å². The zero-order valence-corrected chi connectivity index (χ0v) is 13.7. The first-order valence-corrected chi connectivity index (χ1v) is 7.59. The first kappa shape index (κ1) is 15.8. The minimum Gasteiger partial charge on any atom is -0.370 e. The first-order chi connectivity index (χ1) is 10.0. The van der Waals surface area contributed by atoms with Crippen LogP contribution in [-0.4, -0.2) is 21.7 Å². The Labute approximate surface area is 130 Å². The van der Waals surface area contributed by atoms with E-state index < -0.39 is 0 Å². The summed E-state index contributed by atoms with van der Waals surface area (Å²) >= 11 is 6.12. The number of nitrogens with zero attached hydrogens (tertiary/aromatic N) is 3. The van der Waals surface area contributed by atoms with E-state index in [1.807, 2.05) is 27.7 Å². The van der Waals surface area contributed by atoms with Gasteiger partial charge < -0.3 is 9.84 Å². The Morgan fingerprint density at radius 3 is 2.57 bits per heavy atom. The van der Waals surface area contributed by atoms with Crippen LogP contribution >= 0.6 is 11.6 Å². The molecule has 2 aromatic heterocycles. The number of hydrogen-bond donors (Lipinski definition) is 1. The van der Waals surface area contributed by atoms with Crippen LogP contribution in [0.5, 0.6) is 0 Å². The van der Waals surface area contributed by atoms with E-state index in [-0.39, 0.29) is 0 Å². The number of halogens is 1.